The molecule has 8 nitrogen and oxygen atoms in total. The van der Waals surface area contributed by atoms with Crippen LogP contribution in [0.5, 0.6) is 0 Å². The Morgan fingerprint density at radius 2 is 1.14 bits per heavy atom. The molecule has 2 saturated carbocycles. The molecule has 2 aromatic heterocycles. The van der Waals surface area contributed by atoms with E-state index in [4.69, 9.17) is 20.0 Å². The zero-order valence-corrected chi connectivity index (χ0v) is 21.0. The van der Waals surface area contributed by atoms with Gasteiger partial charge in [0.2, 0.25) is 0 Å². The highest BCUT2D eigenvalue weighted by atomic mass is 15.2. The smallest absolute Gasteiger partial charge is 0.128 e. The van der Waals surface area contributed by atoms with Crippen LogP contribution in [-0.4, -0.2) is 54.9 Å². The molecule has 2 aliphatic heterocycles. The molecule has 4 heterocycles. The van der Waals surface area contributed by atoms with Crippen molar-refractivity contribution >= 4 is 33.7 Å². The fourth-order valence-corrected chi connectivity index (χ4v) is 6.75. The quantitative estimate of drug-likeness (QED) is 0.447. The molecule has 8 rings (SSSR count). The molecule has 0 spiro atoms. The number of aromatic nitrogens is 4. The lowest BCUT2D eigenvalue weighted by Crippen LogP contribution is -2.36. The summed E-state index contributed by atoms with van der Waals surface area (Å²) < 4.78 is 4.37. The van der Waals surface area contributed by atoms with Gasteiger partial charge in [0.1, 0.15) is 18.3 Å². The van der Waals surface area contributed by atoms with Gasteiger partial charge in [-0.15, -0.1) is 0 Å². The standard InChI is InChI=1S/C29H32N8/c1-2-6-21-20(5-1)32-28(33-21)18-9-11-26-24(13-18)30-15-36(26)17-37-16-31-25-14-19(10-12-27(25)37)29-34-22-7-3-4-8-23(22)35-29/h9-16,20-23H,1-8,17H2,(H,32,33)(H,34,35)/t20-,21+,22-,23+. The Balaban J connectivity index is 1.04. The summed E-state index contributed by atoms with van der Waals surface area (Å²) >= 11 is 0. The lowest BCUT2D eigenvalue weighted by Gasteiger charge is -2.23. The van der Waals surface area contributed by atoms with Crippen molar-refractivity contribution in [3.05, 3.63) is 60.2 Å². The number of hydrogen-bond acceptors (Lipinski definition) is 6. The van der Waals surface area contributed by atoms with Gasteiger partial charge in [-0.25, -0.2) is 9.97 Å². The van der Waals surface area contributed by atoms with Gasteiger partial charge in [0, 0.05) is 23.2 Å². The summed E-state index contributed by atoms with van der Waals surface area (Å²) in [5.74, 6) is 2.07. The molecular weight excluding hydrogens is 460 g/mol. The number of fused-ring (bicyclic) bond motifs is 4. The molecule has 188 valence electrons. The summed E-state index contributed by atoms with van der Waals surface area (Å²) in [5, 5.41) is 7.33. The lowest BCUT2D eigenvalue weighted by molar-refractivity contribution is 0.385. The summed E-state index contributed by atoms with van der Waals surface area (Å²) in [6, 6.07) is 14.9. The van der Waals surface area contributed by atoms with Crippen molar-refractivity contribution in [2.75, 3.05) is 0 Å². The van der Waals surface area contributed by atoms with E-state index in [1.807, 2.05) is 12.7 Å². The minimum absolute atomic E-state index is 0.438. The Labute approximate surface area is 215 Å². The summed E-state index contributed by atoms with van der Waals surface area (Å²) in [7, 11) is 0. The maximum absolute atomic E-state index is 4.99. The molecule has 0 unspecified atom stereocenters. The fourth-order valence-electron chi connectivity index (χ4n) is 6.75. The van der Waals surface area contributed by atoms with Crippen molar-refractivity contribution in [2.24, 2.45) is 9.98 Å². The van der Waals surface area contributed by atoms with Gasteiger partial charge in [0.25, 0.3) is 0 Å². The van der Waals surface area contributed by atoms with Crippen LogP contribution in [0.2, 0.25) is 0 Å². The Kier molecular flexibility index (Phi) is 4.88. The maximum Gasteiger partial charge on any atom is 0.128 e. The van der Waals surface area contributed by atoms with E-state index in [0.29, 0.717) is 30.8 Å². The second-order valence-corrected chi connectivity index (χ2v) is 11.1. The second-order valence-electron chi connectivity index (χ2n) is 11.1. The van der Waals surface area contributed by atoms with Crippen LogP contribution in [0.4, 0.5) is 0 Å². The molecule has 0 saturated heterocycles. The fraction of sp³-hybridized carbons (Fsp3) is 0.448. The average molecular weight is 493 g/mol. The highest BCUT2D eigenvalue weighted by molar-refractivity contribution is 6.03. The molecule has 8 heteroatoms. The van der Waals surface area contributed by atoms with Gasteiger partial charge in [0.15, 0.2) is 0 Å². The van der Waals surface area contributed by atoms with Crippen molar-refractivity contribution in [3.63, 3.8) is 0 Å². The topological polar surface area (TPSA) is 84.4 Å². The summed E-state index contributed by atoms with van der Waals surface area (Å²) in [6.07, 6.45) is 13.9. The number of aliphatic imine (C=N–C) groups is 2. The van der Waals surface area contributed by atoms with E-state index < -0.39 is 0 Å². The highest BCUT2D eigenvalue weighted by Gasteiger charge is 2.32. The molecule has 0 amide bonds. The number of nitrogens with zero attached hydrogens (tertiary/aromatic N) is 6. The van der Waals surface area contributed by atoms with Crippen molar-refractivity contribution < 1.29 is 0 Å². The Morgan fingerprint density at radius 3 is 1.62 bits per heavy atom. The lowest BCUT2D eigenvalue weighted by atomic mass is 9.92. The molecular formula is C29H32N8. The van der Waals surface area contributed by atoms with E-state index >= 15 is 0 Å². The zero-order valence-electron chi connectivity index (χ0n) is 21.0. The molecule has 0 radical (unpaired) electrons. The van der Waals surface area contributed by atoms with Crippen LogP contribution < -0.4 is 10.6 Å². The Morgan fingerprint density at radius 1 is 0.649 bits per heavy atom. The molecule has 37 heavy (non-hydrogen) atoms. The van der Waals surface area contributed by atoms with E-state index in [-0.39, 0.29) is 0 Å². The SMILES string of the molecule is c1cc2c(cc1C1=N[C@@H]3CCCC[C@@H]3N1)ncn2Cn1cnc2cc(C3=N[C@@H]4CCCC[C@@H]4N3)ccc21. The van der Waals surface area contributed by atoms with Crippen LogP contribution >= 0.6 is 0 Å². The largest absolute Gasteiger partial charge is 0.365 e. The van der Waals surface area contributed by atoms with Gasteiger partial charge in [0.05, 0.1) is 46.8 Å². The van der Waals surface area contributed by atoms with Crippen LogP contribution in [-0.2, 0) is 6.67 Å². The molecule has 2 fully saturated rings. The first kappa shape index (κ1) is 21.4. The third-order valence-corrected chi connectivity index (χ3v) is 8.79. The van der Waals surface area contributed by atoms with Gasteiger partial charge < -0.3 is 19.8 Å². The van der Waals surface area contributed by atoms with E-state index in [1.165, 1.54) is 51.4 Å². The van der Waals surface area contributed by atoms with Crippen molar-refractivity contribution in [3.8, 4) is 0 Å². The van der Waals surface area contributed by atoms with Crippen LogP contribution in [0, 0.1) is 0 Å². The molecule has 2 N–H and O–H groups in total. The van der Waals surface area contributed by atoms with Crippen LogP contribution in [0.15, 0.2) is 59.0 Å². The van der Waals surface area contributed by atoms with Crippen molar-refractivity contribution in [1.82, 2.24) is 29.7 Å². The Bertz CT molecular complexity index is 1440. The molecule has 2 aliphatic carbocycles. The summed E-state index contributed by atoms with van der Waals surface area (Å²) in [6.45, 7) is 0.665. The summed E-state index contributed by atoms with van der Waals surface area (Å²) in [5.41, 5.74) is 6.49. The number of amidine groups is 2. The predicted molar refractivity (Wildman–Crippen MR) is 146 cm³/mol. The molecule has 4 aromatic rings. The normalized spacial score (nSPS) is 26.9. The second kappa shape index (κ2) is 8.43. The highest BCUT2D eigenvalue weighted by Crippen LogP contribution is 2.28. The van der Waals surface area contributed by atoms with Crippen molar-refractivity contribution in [1.29, 1.82) is 0 Å². The first-order valence-electron chi connectivity index (χ1n) is 13.9. The minimum Gasteiger partial charge on any atom is -0.365 e. The van der Waals surface area contributed by atoms with Gasteiger partial charge in [-0.3, -0.25) is 9.98 Å². The molecule has 4 aliphatic rings. The Hall–Kier alpha value is -3.68. The third kappa shape index (κ3) is 3.64. The number of hydrogen-bond donors (Lipinski definition) is 2. The number of imidazole rings is 2. The zero-order chi connectivity index (χ0) is 24.3. The number of nitrogens with one attached hydrogen (secondary N) is 2. The van der Waals surface area contributed by atoms with Crippen LogP contribution in [0.3, 0.4) is 0 Å². The molecule has 4 atom stereocenters. The molecule has 2 aromatic carbocycles. The van der Waals surface area contributed by atoms with Gasteiger partial charge in [-0.05, 0) is 62.1 Å². The maximum atomic E-state index is 4.99. The number of benzene rings is 2. The monoisotopic (exact) mass is 492 g/mol. The van der Waals surface area contributed by atoms with Crippen LogP contribution in [0.1, 0.15) is 62.5 Å². The van der Waals surface area contributed by atoms with Gasteiger partial charge in [-0.1, -0.05) is 25.7 Å². The first-order valence-corrected chi connectivity index (χ1v) is 13.9. The van der Waals surface area contributed by atoms with E-state index in [9.17, 15) is 0 Å². The van der Waals surface area contributed by atoms with Gasteiger partial charge >= 0.3 is 0 Å². The average Bonchev–Trinajstić information content (AvgIpc) is 3.72. The predicted octanol–water partition coefficient (Wildman–Crippen LogP) is 4.21. The third-order valence-electron chi connectivity index (χ3n) is 8.79. The van der Waals surface area contributed by atoms with Gasteiger partial charge in [-0.2, -0.15) is 0 Å². The summed E-state index contributed by atoms with van der Waals surface area (Å²) in [4.78, 5) is 19.4. The number of rotatable bonds is 4. The first-order chi connectivity index (χ1) is 18.3. The minimum atomic E-state index is 0.438. The van der Waals surface area contributed by atoms with E-state index in [0.717, 1.165) is 44.9 Å². The van der Waals surface area contributed by atoms with E-state index in [1.54, 1.807) is 0 Å². The van der Waals surface area contributed by atoms with Crippen LogP contribution in [0.25, 0.3) is 22.1 Å². The van der Waals surface area contributed by atoms with Crippen molar-refractivity contribution in [2.45, 2.75) is 82.2 Å². The van der Waals surface area contributed by atoms with E-state index in [2.05, 4.69) is 56.2 Å². The molecule has 0 bridgehead atoms.